The van der Waals surface area contributed by atoms with Gasteiger partial charge in [0.05, 0.1) is 10.6 Å². The van der Waals surface area contributed by atoms with Crippen LogP contribution in [0.1, 0.15) is 13.3 Å². The molecular formula is C15H17ClN2O4S3. The van der Waals surface area contributed by atoms with Gasteiger partial charge in [-0.1, -0.05) is 35.9 Å². The molecule has 0 saturated heterocycles. The Hall–Kier alpha value is -1.42. The molecule has 1 heterocycles. The Morgan fingerprint density at radius 2 is 1.88 bits per heavy atom. The summed E-state index contributed by atoms with van der Waals surface area (Å²) >= 11 is 6.60. The Labute approximate surface area is 156 Å². The third kappa shape index (κ3) is 4.41. The molecule has 1 aromatic heterocycles. The summed E-state index contributed by atoms with van der Waals surface area (Å²) in [7, 11) is -7.62. The summed E-state index contributed by atoms with van der Waals surface area (Å²) in [6.45, 7) is 5.57. The molecule has 0 unspecified atom stereocenters. The first kappa shape index (κ1) is 19.9. The van der Waals surface area contributed by atoms with E-state index in [9.17, 15) is 16.8 Å². The maximum absolute atomic E-state index is 12.9. The van der Waals surface area contributed by atoms with Gasteiger partial charge in [-0.25, -0.2) is 21.8 Å². The molecule has 0 bridgehead atoms. The lowest BCUT2D eigenvalue weighted by atomic mass is 10.4. The van der Waals surface area contributed by atoms with E-state index in [0.29, 0.717) is 11.4 Å². The van der Waals surface area contributed by atoms with E-state index in [1.807, 2.05) is 0 Å². The van der Waals surface area contributed by atoms with E-state index in [4.69, 9.17) is 11.6 Å². The lowest BCUT2D eigenvalue weighted by Gasteiger charge is -2.05. The number of hydrogen-bond donors (Lipinski definition) is 1. The molecular weight excluding hydrogens is 404 g/mol. The number of anilines is 1. The van der Waals surface area contributed by atoms with Crippen LogP contribution in [0.5, 0.6) is 0 Å². The van der Waals surface area contributed by atoms with Crippen molar-refractivity contribution in [1.29, 1.82) is 0 Å². The fourth-order valence-corrected chi connectivity index (χ4v) is 6.45. The van der Waals surface area contributed by atoms with Crippen molar-refractivity contribution >= 4 is 47.6 Å². The highest BCUT2D eigenvalue weighted by Gasteiger charge is 2.30. The Balaban J connectivity index is 2.59. The summed E-state index contributed by atoms with van der Waals surface area (Å²) in [6.07, 6.45) is 1.95. The first-order valence-electron chi connectivity index (χ1n) is 7.31. The van der Waals surface area contributed by atoms with Gasteiger partial charge in [0, 0.05) is 11.6 Å². The van der Waals surface area contributed by atoms with Crippen molar-refractivity contribution in [3.63, 3.8) is 0 Å². The lowest BCUT2D eigenvalue weighted by molar-refractivity contribution is 0.589. The van der Waals surface area contributed by atoms with Gasteiger partial charge in [0.25, 0.3) is 0 Å². The third-order valence-corrected chi connectivity index (χ3v) is 8.57. The van der Waals surface area contributed by atoms with Crippen molar-refractivity contribution in [2.75, 3.05) is 17.6 Å². The molecule has 0 aliphatic rings. The first-order chi connectivity index (χ1) is 11.7. The molecule has 0 saturated carbocycles. The highest BCUT2D eigenvalue weighted by atomic mass is 35.5. The molecule has 0 fully saturated rings. The molecule has 0 spiro atoms. The van der Waals surface area contributed by atoms with E-state index < -0.39 is 19.7 Å². The smallest absolute Gasteiger partial charge is 0.226 e. The average Bonchev–Trinajstić information content (AvgIpc) is 2.99. The van der Waals surface area contributed by atoms with Crippen LogP contribution in [-0.2, 0) is 19.7 Å². The van der Waals surface area contributed by atoms with Crippen LogP contribution in [0.15, 0.2) is 51.2 Å². The molecule has 0 aliphatic heterocycles. The number of nitrogens with one attached hydrogen (secondary N) is 1. The second kappa shape index (κ2) is 7.86. The van der Waals surface area contributed by atoms with Crippen molar-refractivity contribution in [3.05, 3.63) is 41.9 Å². The second-order valence-electron chi connectivity index (χ2n) is 5.06. The maximum Gasteiger partial charge on any atom is 0.226 e. The third-order valence-electron chi connectivity index (χ3n) is 3.10. The van der Waals surface area contributed by atoms with Gasteiger partial charge in [-0.05, 0) is 30.7 Å². The summed E-state index contributed by atoms with van der Waals surface area (Å²) < 4.78 is 50.1. The summed E-state index contributed by atoms with van der Waals surface area (Å²) in [6, 6.07) is 5.61. The Morgan fingerprint density at radius 1 is 1.24 bits per heavy atom. The normalized spacial score (nSPS) is 12.1. The molecule has 0 amide bonds. The molecule has 25 heavy (non-hydrogen) atoms. The summed E-state index contributed by atoms with van der Waals surface area (Å²) in [5, 5.41) is 3.11. The van der Waals surface area contributed by atoms with Crippen molar-refractivity contribution in [2.24, 2.45) is 0 Å². The monoisotopic (exact) mass is 420 g/mol. The summed E-state index contributed by atoms with van der Waals surface area (Å²) in [5.41, 5.74) is 0. The van der Waals surface area contributed by atoms with E-state index in [1.165, 1.54) is 24.3 Å². The van der Waals surface area contributed by atoms with Crippen molar-refractivity contribution in [3.8, 4) is 0 Å². The molecule has 0 atom stereocenters. The van der Waals surface area contributed by atoms with Crippen molar-refractivity contribution < 1.29 is 16.8 Å². The van der Waals surface area contributed by atoms with Gasteiger partial charge in [-0.3, -0.25) is 0 Å². The minimum Gasteiger partial charge on any atom is -0.371 e. The molecule has 6 nitrogen and oxygen atoms in total. The minimum atomic E-state index is -3.99. The highest BCUT2D eigenvalue weighted by Crippen LogP contribution is 2.35. The van der Waals surface area contributed by atoms with Gasteiger partial charge >= 0.3 is 0 Å². The SMILES string of the molecule is C=CCNc1sc(S(=O)(=O)CCC)nc1S(=O)(=O)c1ccc(Cl)cc1. The molecule has 2 rings (SSSR count). The van der Waals surface area contributed by atoms with Crippen LogP contribution in [0.3, 0.4) is 0 Å². The van der Waals surface area contributed by atoms with Crippen LogP contribution in [0.2, 0.25) is 5.02 Å². The zero-order valence-electron chi connectivity index (χ0n) is 13.4. The number of nitrogens with zero attached hydrogens (tertiary/aromatic N) is 1. The zero-order chi connectivity index (χ0) is 18.7. The van der Waals surface area contributed by atoms with Gasteiger partial charge in [-0.2, -0.15) is 0 Å². The topological polar surface area (TPSA) is 93.2 Å². The first-order valence-corrected chi connectivity index (χ1v) is 11.6. The quantitative estimate of drug-likeness (QED) is 0.657. The Bertz CT molecular complexity index is 965. The van der Waals surface area contributed by atoms with Gasteiger partial charge in [0.2, 0.25) is 24.0 Å². The number of benzene rings is 1. The minimum absolute atomic E-state index is 0.0108. The van der Waals surface area contributed by atoms with Gasteiger partial charge in [0.15, 0.2) is 5.03 Å². The molecule has 0 radical (unpaired) electrons. The number of aromatic nitrogens is 1. The predicted molar refractivity (Wildman–Crippen MR) is 100 cm³/mol. The van der Waals surface area contributed by atoms with E-state index in [-0.39, 0.29) is 31.6 Å². The van der Waals surface area contributed by atoms with Crippen LogP contribution in [-0.4, -0.2) is 34.1 Å². The molecule has 0 aliphatic carbocycles. The van der Waals surface area contributed by atoms with Crippen molar-refractivity contribution in [2.45, 2.75) is 27.6 Å². The highest BCUT2D eigenvalue weighted by molar-refractivity contribution is 7.94. The number of rotatable bonds is 8. The summed E-state index contributed by atoms with van der Waals surface area (Å²) in [5.74, 6) is -0.0954. The van der Waals surface area contributed by atoms with E-state index >= 15 is 0 Å². The van der Waals surface area contributed by atoms with Crippen LogP contribution in [0.25, 0.3) is 0 Å². The lowest BCUT2D eigenvalue weighted by Crippen LogP contribution is -2.08. The van der Waals surface area contributed by atoms with Crippen LogP contribution in [0, 0.1) is 0 Å². The number of hydrogen-bond acceptors (Lipinski definition) is 7. The number of sulfone groups is 2. The summed E-state index contributed by atoms with van der Waals surface area (Å²) in [4.78, 5) is 3.93. The average molecular weight is 421 g/mol. The van der Waals surface area contributed by atoms with Crippen LogP contribution in [0.4, 0.5) is 5.00 Å². The second-order valence-corrected chi connectivity index (χ2v) is 10.6. The van der Waals surface area contributed by atoms with E-state index in [0.717, 1.165) is 11.3 Å². The fourth-order valence-electron chi connectivity index (χ4n) is 1.96. The molecule has 1 N–H and O–H groups in total. The molecule has 2 aromatic rings. The fraction of sp³-hybridized carbons (Fsp3) is 0.267. The molecule has 10 heteroatoms. The molecule has 1 aromatic carbocycles. The predicted octanol–water partition coefficient (Wildman–Crippen LogP) is 3.41. The van der Waals surface area contributed by atoms with Gasteiger partial charge < -0.3 is 5.32 Å². The van der Waals surface area contributed by atoms with Gasteiger partial charge in [0.1, 0.15) is 5.00 Å². The van der Waals surface area contributed by atoms with E-state index in [2.05, 4.69) is 16.9 Å². The largest absolute Gasteiger partial charge is 0.371 e. The zero-order valence-corrected chi connectivity index (χ0v) is 16.6. The number of thiazole rings is 1. The van der Waals surface area contributed by atoms with Gasteiger partial charge in [-0.15, -0.1) is 6.58 Å². The number of halogens is 1. The Morgan fingerprint density at radius 3 is 2.44 bits per heavy atom. The van der Waals surface area contributed by atoms with Crippen LogP contribution >= 0.6 is 22.9 Å². The molecule has 136 valence electrons. The maximum atomic E-state index is 12.9. The standard InChI is InChI=1S/C15H17ClN2O4S3/c1-3-9-17-13-14(18-15(23-13)24(19,20)10-4-2)25(21,22)12-7-5-11(16)6-8-12/h3,5-8,17H,1,4,9-10H2,2H3. The van der Waals surface area contributed by atoms with Crippen LogP contribution < -0.4 is 5.32 Å². The van der Waals surface area contributed by atoms with E-state index in [1.54, 1.807) is 13.0 Å². The Kier molecular flexibility index (Phi) is 6.26. The van der Waals surface area contributed by atoms with Crippen molar-refractivity contribution in [1.82, 2.24) is 4.98 Å².